The van der Waals surface area contributed by atoms with Gasteiger partial charge in [0, 0.05) is 24.2 Å². The van der Waals surface area contributed by atoms with Crippen LogP contribution in [0.5, 0.6) is 5.75 Å². The van der Waals surface area contributed by atoms with Crippen LogP contribution >= 0.6 is 0 Å². The number of hydrogen-bond acceptors (Lipinski definition) is 4. The highest BCUT2D eigenvalue weighted by Gasteiger charge is 2.44. The van der Waals surface area contributed by atoms with Gasteiger partial charge in [-0.1, -0.05) is 78.9 Å². The summed E-state index contributed by atoms with van der Waals surface area (Å²) in [7, 11) is 0. The molecule has 144 valence electrons. The van der Waals surface area contributed by atoms with Gasteiger partial charge in [0.05, 0.1) is 12.7 Å². The summed E-state index contributed by atoms with van der Waals surface area (Å²) >= 11 is 0. The first kappa shape index (κ1) is 18.7. The Bertz CT molecular complexity index is 800. The van der Waals surface area contributed by atoms with E-state index in [-0.39, 0.29) is 6.10 Å². The third-order valence-electron chi connectivity index (χ3n) is 4.78. The summed E-state index contributed by atoms with van der Waals surface area (Å²) in [5.74, 6) is 0.0343. The van der Waals surface area contributed by atoms with Gasteiger partial charge in [-0.05, 0) is 12.1 Å². The van der Waals surface area contributed by atoms with Crippen LogP contribution in [0.3, 0.4) is 0 Å². The molecule has 1 heterocycles. The number of nitrogens with one attached hydrogen (secondary N) is 1. The molecule has 0 aromatic heterocycles. The van der Waals surface area contributed by atoms with Crippen molar-refractivity contribution in [3.8, 4) is 5.75 Å². The number of benzene rings is 3. The molecule has 0 spiro atoms. The molecule has 1 saturated heterocycles. The minimum absolute atomic E-state index is 0.0304. The average Bonchev–Trinajstić information content (AvgIpc) is 3.21. The lowest BCUT2D eigenvalue weighted by molar-refractivity contribution is -0.142. The Balaban J connectivity index is 1.35. The van der Waals surface area contributed by atoms with E-state index in [9.17, 15) is 0 Å². The maximum atomic E-state index is 6.46. The highest BCUT2D eigenvalue weighted by Crippen LogP contribution is 2.40. The van der Waals surface area contributed by atoms with E-state index in [1.54, 1.807) is 0 Å². The third-order valence-corrected chi connectivity index (χ3v) is 4.78. The van der Waals surface area contributed by atoms with Crippen LogP contribution in [0.1, 0.15) is 11.1 Å². The molecule has 1 fully saturated rings. The molecule has 1 aliphatic rings. The predicted molar refractivity (Wildman–Crippen MR) is 109 cm³/mol. The van der Waals surface area contributed by atoms with Crippen molar-refractivity contribution in [3.05, 3.63) is 102 Å². The van der Waals surface area contributed by atoms with Crippen LogP contribution in [-0.2, 0) is 15.3 Å². The molecule has 0 saturated carbocycles. The molecular formula is C24H25NO3. The second kappa shape index (κ2) is 9.02. The van der Waals surface area contributed by atoms with Crippen LogP contribution in [0, 0.1) is 0 Å². The van der Waals surface area contributed by atoms with Gasteiger partial charge in [0.2, 0.25) is 5.79 Å². The second-order valence-electron chi connectivity index (χ2n) is 6.77. The largest absolute Gasteiger partial charge is 0.492 e. The zero-order chi connectivity index (χ0) is 19.1. The fraction of sp³-hybridized carbons (Fsp3) is 0.250. The second-order valence-corrected chi connectivity index (χ2v) is 6.77. The molecule has 4 heteroatoms. The minimum atomic E-state index is -0.852. The van der Waals surface area contributed by atoms with Crippen LogP contribution in [-0.4, -0.2) is 32.4 Å². The third kappa shape index (κ3) is 4.25. The number of hydrogen-bond donors (Lipinski definition) is 1. The summed E-state index contributed by atoms with van der Waals surface area (Å²) in [4.78, 5) is 0. The van der Waals surface area contributed by atoms with E-state index >= 15 is 0 Å². The minimum Gasteiger partial charge on any atom is -0.492 e. The van der Waals surface area contributed by atoms with E-state index in [1.807, 2.05) is 66.7 Å². The van der Waals surface area contributed by atoms with E-state index in [4.69, 9.17) is 14.2 Å². The molecule has 0 aliphatic carbocycles. The van der Waals surface area contributed by atoms with Crippen molar-refractivity contribution < 1.29 is 14.2 Å². The molecule has 4 rings (SSSR count). The maximum Gasteiger partial charge on any atom is 0.222 e. The fourth-order valence-electron chi connectivity index (χ4n) is 3.42. The molecule has 0 radical (unpaired) electrons. The van der Waals surface area contributed by atoms with E-state index in [2.05, 4.69) is 29.6 Å². The van der Waals surface area contributed by atoms with E-state index < -0.39 is 5.79 Å². The maximum absolute atomic E-state index is 6.46. The average molecular weight is 375 g/mol. The van der Waals surface area contributed by atoms with Crippen molar-refractivity contribution in [3.63, 3.8) is 0 Å². The Hall–Kier alpha value is -2.66. The zero-order valence-corrected chi connectivity index (χ0v) is 15.8. The Labute approximate surface area is 166 Å². The van der Waals surface area contributed by atoms with E-state index in [0.29, 0.717) is 19.8 Å². The Morgan fingerprint density at radius 2 is 1.39 bits per heavy atom. The summed E-state index contributed by atoms with van der Waals surface area (Å²) in [6.07, 6.45) is -0.0304. The summed E-state index contributed by atoms with van der Waals surface area (Å²) in [5.41, 5.74) is 2.02. The molecule has 1 N–H and O–H groups in total. The predicted octanol–water partition coefficient (Wildman–Crippen LogP) is 3.97. The number of rotatable bonds is 8. The Kier molecular flexibility index (Phi) is 6.02. The van der Waals surface area contributed by atoms with Gasteiger partial charge >= 0.3 is 0 Å². The summed E-state index contributed by atoms with van der Waals surface area (Å²) in [5, 5.41) is 3.41. The van der Waals surface area contributed by atoms with Crippen molar-refractivity contribution >= 4 is 0 Å². The van der Waals surface area contributed by atoms with Crippen molar-refractivity contribution in [1.82, 2.24) is 5.32 Å². The Morgan fingerprint density at radius 1 is 0.821 bits per heavy atom. The SMILES string of the molecule is c1ccc(OCCNC[C@@H]2COC(c3ccccc3)(c3ccccc3)O2)cc1. The first-order valence-corrected chi connectivity index (χ1v) is 9.68. The van der Waals surface area contributed by atoms with E-state index in [1.165, 1.54) is 0 Å². The highest BCUT2D eigenvalue weighted by atomic mass is 16.7. The van der Waals surface area contributed by atoms with E-state index in [0.717, 1.165) is 23.4 Å². The zero-order valence-electron chi connectivity index (χ0n) is 15.8. The smallest absolute Gasteiger partial charge is 0.222 e. The normalized spacial score (nSPS) is 18.1. The molecule has 28 heavy (non-hydrogen) atoms. The van der Waals surface area contributed by atoms with Gasteiger partial charge in [0.15, 0.2) is 0 Å². The van der Waals surface area contributed by atoms with Gasteiger partial charge in [0.25, 0.3) is 0 Å². The molecule has 3 aromatic carbocycles. The van der Waals surface area contributed by atoms with Crippen LogP contribution < -0.4 is 10.1 Å². The molecule has 3 aromatic rings. The van der Waals surface area contributed by atoms with Gasteiger partial charge in [-0.2, -0.15) is 0 Å². The van der Waals surface area contributed by atoms with Crippen molar-refractivity contribution in [2.45, 2.75) is 11.9 Å². The lowest BCUT2D eigenvalue weighted by Gasteiger charge is -2.29. The molecule has 0 unspecified atom stereocenters. The number of para-hydroxylation sites is 1. The summed E-state index contributed by atoms with van der Waals surface area (Å²) in [6, 6.07) is 30.1. The molecule has 1 atom stereocenters. The summed E-state index contributed by atoms with van der Waals surface area (Å²) < 4.78 is 18.4. The van der Waals surface area contributed by atoms with Crippen LogP contribution in [0.25, 0.3) is 0 Å². The lowest BCUT2D eigenvalue weighted by atomic mass is 9.97. The topological polar surface area (TPSA) is 39.7 Å². The standard InChI is InChI=1S/C24H25NO3/c1-4-10-20(11-5-1)24(21-12-6-2-7-13-21)27-19-23(28-24)18-25-16-17-26-22-14-8-3-9-15-22/h1-15,23,25H,16-19H2/t23-/m1/s1. The first-order valence-electron chi connectivity index (χ1n) is 9.68. The quantitative estimate of drug-likeness (QED) is 0.605. The highest BCUT2D eigenvalue weighted by molar-refractivity contribution is 5.34. The van der Waals surface area contributed by atoms with Crippen LogP contribution in [0.2, 0.25) is 0 Å². The lowest BCUT2D eigenvalue weighted by Crippen LogP contribution is -2.34. The molecule has 1 aliphatic heterocycles. The fourth-order valence-corrected chi connectivity index (χ4v) is 3.42. The molecular weight excluding hydrogens is 350 g/mol. The van der Waals surface area contributed by atoms with Crippen LogP contribution in [0.4, 0.5) is 0 Å². The monoisotopic (exact) mass is 375 g/mol. The van der Waals surface area contributed by atoms with Crippen molar-refractivity contribution in [2.75, 3.05) is 26.3 Å². The summed E-state index contributed by atoms with van der Waals surface area (Å²) in [6.45, 7) is 2.61. The van der Waals surface area contributed by atoms with Gasteiger partial charge in [-0.3, -0.25) is 0 Å². The van der Waals surface area contributed by atoms with Crippen molar-refractivity contribution in [2.24, 2.45) is 0 Å². The van der Waals surface area contributed by atoms with Gasteiger partial charge in [0.1, 0.15) is 12.4 Å². The van der Waals surface area contributed by atoms with Gasteiger partial charge in [-0.15, -0.1) is 0 Å². The van der Waals surface area contributed by atoms with Crippen molar-refractivity contribution in [1.29, 1.82) is 0 Å². The first-order chi connectivity index (χ1) is 13.9. The van der Waals surface area contributed by atoms with Gasteiger partial charge < -0.3 is 19.5 Å². The van der Waals surface area contributed by atoms with Gasteiger partial charge in [-0.25, -0.2) is 0 Å². The number of ether oxygens (including phenoxy) is 3. The Morgan fingerprint density at radius 3 is 2.00 bits per heavy atom. The molecule has 0 bridgehead atoms. The molecule has 4 nitrogen and oxygen atoms in total. The molecule has 0 amide bonds. The van der Waals surface area contributed by atoms with Crippen LogP contribution in [0.15, 0.2) is 91.0 Å².